The number of nitrogens with two attached hydrogens (primary N) is 1. The molecule has 1 aliphatic heterocycles. The van der Waals surface area contributed by atoms with Gasteiger partial charge in [0.05, 0.1) is 5.92 Å². The van der Waals surface area contributed by atoms with E-state index in [1.807, 2.05) is 4.90 Å². The number of aromatic nitrogens is 2. The molecule has 2 heterocycles. The van der Waals surface area contributed by atoms with Crippen LogP contribution in [0.2, 0.25) is 0 Å². The summed E-state index contributed by atoms with van der Waals surface area (Å²) >= 11 is 0. The number of piperidine rings is 1. The van der Waals surface area contributed by atoms with Gasteiger partial charge in [-0.1, -0.05) is 11.6 Å². The van der Waals surface area contributed by atoms with Crippen LogP contribution in [0.3, 0.4) is 0 Å². The molecule has 2 aromatic rings. The predicted molar refractivity (Wildman–Crippen MR) is 105 cm³/mol. The average molecular weight is 409 g/mol. The number of likely N-dealkylation sites (tertiary alicyclic amines) is 1. The van der Waals surface area contributed by atoms with E-state index in [9.17, 15) is 9.18 Å². The van der Waals surface area contributed by atoms with Crippen LogP contribution in [0.25, 0.3) is 11.4 Å². The van der Waals surface area contributed by atoms with Crippen molar-refractivity contribution in [2.75, 3.05) is 19.6 Å². The summed E-state index contributed by atoms with van der Waals surface area (Å²) in [6.07, 6.45) is 4.91. The molecule has 0 radical (unpaired) electrons. The number of amides is 1. The minimum absolute atomic E-state index is 0. The topological polar surface area (TPSA) is 85.3 Å². The van der Waals surface area contributed by atoms with Gasteiger partial charge in [0, 0.05) is 24.6 Å². The maximum absolute atomic E-state index is 13.1. The zero-order valence-corrected chi connectivity index (χ0v) is 16.5. The first-order chi connectivity index (χ1) is 13.2. The van der Waals surface area contributed by atoms with Crippen molar-refractivity contribution in [2.24, 2.45) is 17.6 Å². The number of carbonyl (C=O) groups excluding carboxylic acids is 1. The van der Waals surface area contributed by atoms with Gasteiger partial charge in [-0.3, -0.25) is 4.79 Å². The molecule has 2 N–H and O–H groups in total. The third-order valence-electron chi connectivity index (χ3n) is 5.91. The molecule has 1 aliphatic carbocycles. The van der Waals surface area contributed by atoms with Crippen molar-refractivity contribution in [1.82, 2.24) is 15.0 Å². The average Bonchev–Trinajstić information content (AvgIpc) is 3.37. The van der Waals surface area contributed by atoms with Gasteiger partial charge in [-0.05, 0) is 62.4 Å². The molecule has 3 atom stereocenters. The molecule has 0 bridgehead atoms. The lowest BCUT2D eigenvalue weighted by molar-refractivity contribution is -0.138. The smallest absolute Gasteiger partial charge is 0.231 e. The lowest BCUT2D eigenvalue weighted by atomic mass is 9.92. The Morgan fingerprint density at radius 1 is 1.21 bits per heavy atom. The molecule has 2 aliphatic rings. The van der Waals surface area contributed by atoms with Crippen LogP contribution in [0, 0.1) is 17.7 Å². The van der Waals surface area contributed by atoms with Crippen LogP contribution in [-0.4, -0.2) is 40.6 Å². The third kappa shape index (κ3) is 4.20. The summed E-state index contributed by atoms with van der Waals surface area (Å²) in [6, 6.07) is 6.02. The van der Waals surface area contributed by atoms with Crippen molar-refractivity contribution in [3.05, 3.63) is 36.0 Å². The highest BCUT2D eigenvalue weighted by Crippen LogP contribution is 2.35. The first-order valence-electron chi connectivity index (χ1n) is 9.74. The number of benzene rings is 1. The van der Waals surface area contributed by atoms with Crippen LogP contribution in [0.5, 0.6) is 0 Å². The van der Waals surface area contributed by atoms with Gasteiger partial charge in [0.2, 0.25) is 17.6 Å². The SMILES string of the molecule is Cl.NC[C@H]1CCC[C@H]1C(=O)N1CCCC(c2nc(-c3ccc(F)cc3)no2)C1. The van der Waals surface area contributed by atoms with Crippen LogP contribution in [0.15, 0.2) is 28.8 Å². The van der Waals surface area contributed by atoms with Gasteiger partial charge < -0.3 is 15.2 Å². The summed E-state index contributed by atoms with van der Waals surface area (Å²) in [5, 5.41) is 4.04. The zero-order valence-electron chi connectivity index (χ0n) is 15.7. The number of hydrogen-bond donors (Lipinski definition) is 1. The second-order valence-electron chi connectivity index (χ2n) is 7.62. The Morgan fingerprint density at radius 3 is 2.75 bits per heavy atom. The molecule has 0 spiro atoms. The van der Waals surface area contributed by atoms with Gasteiger partial charge in [0.25, 0.3) is 0 Å². The normalized spacial score (nSPS) is 24.8. The second kappa shape index (κ2) is 9.01. The molecule has 1 aromatic carbocycles. The number of hydrogen-bond acceptors (Lipinski definition) is 5. The quantitative estimate of drug-likeness (QED) is 0.838. The van der Waals surface area contributed by atoms with Gasteiger partial charge in [0.15, 0.2) is 0 Å². The van der Waals surface area contributed by atoms with Crippen molar-refractivity contribution >= 4 is 18.3 Å². The molecule has 6 nitrogen and oxygen atoms in total. The van der Waals surface area contributed by atoms with E-state index in [1.165, 1.54) is 12.1 Å². The Bertz CT molecular complexity index is 798. The number of halogens is 2. The molecule has 4 rings (SSSR count). The monoisotopic (exact) mass is 408 g/mol. The van der Waals surface area contributed by atoms with E-state index < -0.39 is 0 Å². The van der Waals surface area contributed by atoms with Gasteiger partial charge in [-0.25, -0.2) is 4.39 Å². The standard InChI is InChI=1S/C20H25FN4O2.ClH/c21-16-8-6-13(7-9-16)18-23-19(27-24-18)15-4-2-10-25(12-15)20(26)17-5-1-3-14(17)11-22;/h6-9,14-15,17H,1-5,10-12,22H2;1H/t14-,15?,17-;/m1./s1. The lowest BCUT2D eigenvalue weighted by Gasteiger charge is -2.34. The van der Waals surface area contributed by atoms with E-state index in [1.54, 1.807) is 12.1 Å². The van der Waals surface area contributed by atoms with Crippen LogP contribution in [0.4, 0.5) is 4.39 Å². The van der Waals surface area contributed by atoms with Crippen molar-refractivity contribution in [2.45, 2.75) is 38.0 Å². The second-order valence-corrected chi connectivity index (χ2v) is 7.62. The van der Waals surface area contributed by atoms with Crippen molar-refractivity contribution in [1.29, 1.82) is 0 Å². The fourth-order valence-electron chi connectivity index (χ4n) is 4.37. The van der Waals surface area contributed by atoms with Gasteiger partial charge in [0.1, 0.15) is 5.82 Å². The molecule has 2 fully saturated rings. The Kier molecular flexibility index (Phi) is 6.67. The number of nitrogens with zero attached hydrogens (tertiary/aromatic N) is 3. The van der Waals surface area contributed by atoms with Crippen LogP contribution in [0.1, 0.15) is 43.9 Å². The minimum Gasteiger partial charge on any atom is -0.342 e. The fourth-order valence-corrected chi connectivity index (χ4v) is 4.37. The zero-order chi connectivity index (χ0) is 18.8. The lowest BCUT2D eigenvalue weighted by Crippen LogP contribution is -2.44. The van der Waals surface area contributed by atoms with E-state index in [0.717, 1.165) is 38.6 Å². The van der Waals surface area contributed by atoms with Gasteiger partial charge in [-0.2, -0.15) is 4.98 Å². The van der Waals surface area contributed by atoms with Crippen molar-refractivity contribution in [3.8, 4) is 11.4 Å². The summed E-state index contributed by atoms with van der Waals surface area (Å²) in [6.45, 7) is 1.97. The van der Waals surface area contributed by atoms with Gasteiger partial charge >= 0.3 is 0 Å². The largest absolute Gasteiger partial charge is 0.342 e. The summed E-state index contributed by atoms with van der Waals surface area (Å²) < 4.78 is 18.6. The summed E-state index contributed by atoms with van der Waals surface area (Å²) in [5.41, 5.74) is 6.56. The highest BCUT2D eigenvalue weighted by molar-refractivity contribution is 5.85. The maximum atomic E-state index is 13.1. The molecule has 1 unspecified atom stereocenters. The van der Waals surface area contributed by atoms with E-state index in [-0.39, 0.29) is 36.0 Å². The molecule has 1 amide bonds. The molecular formula is C20H26ClFN4O2. The summed E-state index contributed by atoms with van der Waals surface area (Å²) in [7, 11) is 0. The molecular weight excluding hydrogens is 383 g/mol. The van der Waals surface area contributed by atoms with Gasteiger partial charge in [-0.15, -0.1) is 12.4 Å². The Labute approximate surface area is 170 Å². The molecule has 1 saturated carbocycles. The van der Waals surface area contributed by atoms with E-state index in [0.29, 0.717) is 36.3 Å². The van der Waals surface area contributed by atoms with Crippen LogP contribution in [-0.2, 0) is 4.79 Å². The predicted octanol–water partition coefficient (Wildman–Crippen LogP) is 3.38. The minimum atomic E-state index is -0.299. The van der Waals surface area contributed by atoms with E-state index in [2.05, 4.69) is 10.1 Å². The first kappa shape index (κ1) is 20.7. The van der Waals surface area contributed by atoms with Crippen molar-refractivity contribution in [3.63, 3.8) is 0 Å². The van der Waals surface area contributed by atoms with Crippen LogP contribution < -0.4 is 5.73 Å². The summed E-state index contributed by atoms with van der Waals surface area (Å²) in [4.78, 5) is 19.4. The highest BCUT2D eigenvalue weighted by atomic mass is 35.5. The molecule has 8 heteroatoms. The fraction of sp³-hybridized carbons (Fsp3) is 0.550. The Morgan fingerprint density at radius 2 is 2.00 bits per heavy atom. The molecule has 152 valence electrons. The number of carbonyl (C=O) groups is 1. The maximum Gasteiger partial charge on any atom is 0.231 e. The third-order valence-corrected chi connectivity index (χ3v) is 5.91. The molecule has 1 saturated heterocycles. The van der Waals surface area contributed by atoms with Crippen LogP contribution >= 0.6 is 12.4 Å². The molecule has 1 aromatic heterocycles. The summed E-state index contributed by atoms with van der Waals surface area (Å²) in [5.74, 6) is 1.35. The Hall–Kier alpha value is -1.99. The van der Waals surface area contributed by atoms with Crippen molar-refractivity contribution < 1.29 is 13.7 Å². The number of rotatable bonds is 4. The molecule has 28 heavy (non-hydrogen) atoms. The Balaban J connectivity index is 0.00000225. The van der Waals surface area contributed by atoms with E-state index in [4.69, 9.17) is 10.3 Å². The first-order valence-corrected chi connectivity index (χ1v) is 9.74. The highest BCUT2D eigenvalue weighted by Gasteiger charge is 2.37. The van der Waals surface area contributed by atoms with E-state index >= 15 is 0 Å².